The Morgan fingerprint density at radius 3 is 2.75 bits per heavy atom. The van der Waals surface area contributed by atoms with Crippen LogP contribution in [0.25, 0.3) is 11.3 Å². The van der Waals surface area contributed by atoms with Crippen molar-refractivity contribution in [2.24, 2.45) is 0 Å². The van der Waals surface area contributed by atoms with Gasteiger partial charge >= 0.3 is 0 Å². The van der Waals surface area contributed by atoms with Crippen molar-refractivity contribution >= 4 is 0 Å². The van der Waals surface area contributed by atoms with E-state index in [2.05, 4.69) is 67.1 Å². The van der Waals surface area contributed by atoms with Crippen LogP contribution in [-0.2, 0) is 13.1 Å². The summed E-state index contributed by atoms with van der Waals surface area (Å²) in [6, 6.07) is 9.31. The molecule has 1 aromatic heterocycles. The summed E-state index contributed by atoms with van der Waals surface area (Å²) in [4.78, 5) is 0. The van der Waals surface area contributed by atoms with Gasteiger partial charge in [-0.05, 0) is 36.6 Å². The first-order valence-corrected chi connectivity index (χ1v) is 7.47. The first-order valence-electron chi connectivity index (χ1n) is 7.47. The quantitative estimate of drug-likeness (QED) is 0.867. The lowest BCUT2D eigenvalue weighted by molar-refractivity contribution is 0.588. The van der Waals surface area contributed by atoms with E-state index in [-0.39, 0.29) is 0 Å². The van der Waals surface area contributed by atoms with Gasteiger partial charge in [-0.15, -0.1) is 0 Å². The number of benzene rings is 1. The fourth-order valence-electron chi connectivity index (χ4n) is 2.33. The van der Waals surface area contributed by atoms with Gasteiger partial charge in [-0.25, -0.2) is 0 Å². The molecule has 1 N–H and O–H groups in total. The van der Waals surface area contributed by atoms with Gasteiger partial charge in [-0.1, -0.05) is 32.9 Å². The molecule has 0 radical (unpaired) electrons. The van der Waals surface area contributed by atoms with Crippen molar-refractivity contribution in [3.05, 3.63) is 41.6 Å². The third kappa shape index (κ3) is 3.48. The Balaban J connectivity index is 2.30. The van der Waals surface area contributed by atoms with E-state index in [9.17, 15) is 0 Å². The second-order valence-electron chi connectivity index (χ2n) is 5.62. The molecule has 108 valence electrons. The van der Waals surface area contributed by atoms with Crippen molar-refractivity contribution in [3.63, 3.8) is 0 Å². The molecule has 0 aliphatic heterocycles. The van der Waals surface area contributed by atoms with Gasteiger partial charge < -0.3 is 5.32 Å². The van der Waals surface area contributed by atoms with E-state index < -0.39 is 0 Å². The van der Waals surface area contributed by atoms with Crippen LogP contribution < -0.4 is 5.32 Å². The van der Waals surface area contributed by atoms with Crippen LogP contribution in [-0.4, -0.2) is 15.8 Å². The molecule has 0 spiro atoms. The van der Waals surface area contributed by atoms with Gasteiger partial charge in [0, 0.05) is 30.9 Å². The van der Waals surface area contributed by atoms with Crippen molar-refractivity contribution in [1.82, 2.24) is 15.1 Å². The van der Waals surface area contributed by atoms with Crippen LogP contribution in [0.2, 0.25) is 0 Å². The summed E-state index contributed by atoms with van der Waals surface area (Å²) in [6.07, 6.45) is 2.99. The van der Waals surface area contributed by atoms with Crippen molar-refractivity contribution in [2.75, 3.05) is 0 Å². The first-order chi connectivity index (χ1) is 9.61. The van der Waals surface area contributed by atoms with Gasteiger partial charge in [0.1, 0.15) is 0 Å². The van der Waals surface area contributed by atoms with E-state index in [1.807, 2.05) is 6.20 Å². The van der Waals surface area contributed by atoms with Crippen LogP contribution in [0, 0.1) is 6.92 Å². The molecule has 0 aliphatic rings. The Bertz CT molecular complexity index is 555. The highest BCUT2D eigenvalue weighted by atomic mass is 15.3. The molecule has 0 unspecified atom stereocenters. The van der Waals surface area contributed by atoms with Crippen molar-refractivity contribution in [2.45, 2.75) is 53.2 Å². The maximum Gasteiger partial charge on any atom is 0.0684 e. The van der Waals surface area contributed by atoms with Gasteiger partial charge in [-0.3, -0.25) is 4.68 Å². The second kappa shape index (κ2) is 6.71. The number of aromatic nitrogens is 2. The average Bonchev–Trinajstić information content (AvgIpc) is 2.86. The molecule has 0 saturated heterocycles. The van der Waals surface area contributed by atoms with E-state index in [0.29, 0.717) is 6.04 Å². The Hall–Kier alpha value is -1.61. The van der Waals surface area contributed by atoms with E-state index in [1.54, 1.807) is 0 Å². The highest BCUT2D eigenvalue weighted by Crippen LogP contribution is 2.24. The topological polar surface area (TPSA) is 29.9 Å². The highest BCUT2D eigenvalue weighted by Gasteiger charge is 2.09. The highest BCUT2D eigenvalue weighted by molar-refractivity contribution is 5.64. The minimum atomic E-state index is 0.505. The molecule has 0 atom stereocenters. The minimum absolute atomic E-state index is 0.505. The van der Waals surface area contributed by atoms with Gasteiger partial charge in [-0.2, -0.15) is 5.10 Å². The minimum Gasteiger partial charge on any atom is -0.310 e. The Morgan fingerprint density at radius 2 is 2.05 bits per heavy atom. The molecule has 3 heteroatoms. The van der Waals surface area contributed by atoms with E-state index in [0.717, 1.165) is 19.5 Å². The Morgan fingerprint density at radius 1 is 1.25 bits per heavy atom. The van der Waals surface area contributed by atoms with Crippen LogP contribution in [0.3, 0.4) is 0 Å². The molecule has 0 amide bonds. The summed E-state index contributed by atoms with van der Waals surface area (Å²) in [7, 11) is 0. The molecular formula is C17H25N3. The maximum absolute atomic E-state index is 4.43. The fourth-order valence-corrected chi connectivity index (χ4v) is 2.33. The zero-order valence-electron chi connectivity index (χ0n) is 13.0. The van der Waals surface area contributed by atoms with Gasteiger partial charge in [0.05, 0.1) is 5.69 Å². The fraction of sp³-hybridized carbons (Fsp3) is 0.471. The van der Waals surface area contributed by atoms with Gasteiger partial charge in [0.25, 0.3) is 0 Å². The zero-order chi connectivity index (χ0) is 14.5. The lowest BCUT2D eigenvalue weighted by Crippen LogP contribution is -2.21. The summed E-state index contributed by atoms with van der Waals surface area (Å²) in [6.45, 7) is 10.6. The SMILES string of the molecule is CCCn1nccc1-c1cc(CNC(C)C)ccc1C. The normalized spacial score (nSPS) is 11.2. The number of nitrogens with one attached hydrogen (secondary N) is 1. The van der Waals surface area contributed by atoms with Crippen molar-refractivity contribution in [3.8, 4) is 11.3 Å². The van der Waals surface area contributed by atoms with Crippen molar-refractivity contribution in [1.29, 1.82) is 0 Å². The maximum atomic E-state index is 4.43. The third-order valence-electron chi connectivity index (χ3n) is 3.44. The second-order valence-corrected chi connectivity index (χ2v) is 5.62. The summed E-state index contributed by atoms with van der Waals surface area (Å²) < 4.78 is 2.10. The van der Waals surface area contributed by atoms with Crippen LogP contribution in [0.5, 0.6) is 0 Å². The summed E-state index contributed by atoms with van der Waals surface area (Å²) in [5.74, 6) is 0. The molecule has 20 heavy (non-hydrogen) atoms. The number of rotatable bonds is 6. The lowest BCUT2D eigenvalue weighted by Gasteiger charge is -2.13. The average molecular weight is 271 g/mol. The summed E-state index contributed by atoms with van der Waals surface area (Å²) in [5.41, 5.74) is 5.13. The number of nitrogens with zero attached hydrogens (tertiary/aromatic N) is 2. The van der Waals surface area contributed by atoms with Crippen LogP contribution >= 0.6 is 0 Å². The first kappa shape index (κ1) is 14.8. The lowest BCUT2D eigenvalue weighted by atomic mass is 10.0. The third-order valence-corrected chi connectivity index (χ3v) is 3.44. The smallest absolute Gasteiger partial charge is 0.0684 e. The van der Waals surface area contributed by atoms with E-state index in [4.69, 9.17) is 0 Å². The van der Waals surface area contributed by atoms with Crippen LogP contribution in [0.4, 0.5) is 0 Å². The molecule has 0 fully saturated rings. The van der Waals surface area contributed by atoms with Gasteiger partial charge in [0.15, 0.2) is 0 Å². The number of hydrogen-bond donors (Lipinski definition) is 1. The molecule has 2 aromatic rings. The largest absolute Gasteiger partial charge is 0.310 e. The molecule has 0 bridgehead atoms. The number of hydrogen-bond acceptors (Lipinski definition) is 2. The standard InChI is InChI=1S/C17H25N3/c1-5-10-20-17(8-9-19-20)16-11-15(7-6-14(16)4)12-18-13(2)3/h6-9,11,13,18H,5,10,12H2,1-4H3. The molecule has 0 saturated carbocycles. The predicted molar refractivity (Wildman–Crippen MR) is 84.7 cm³/mol. The van der Waals surface area contributed by atoms with Crippen molar-refractivity contribution < 1.29 is 0 Å². The zero-order valence-corrected chi connectivity index (χ0v) is 13.0. The number of aryl methyl sites for hydroxylation is 2. The molecule has 2 rings (SSSR count). The molecule has 0 aliphatic carbocycles. The monoisotopic (exact) mass is 271 g/mol. The Labute approximate surface area is 122 Å². The predicted octanol–water partition coefficient (Wildman–Crippen LogP) is 3.77. The van der Waals surface area contributed by atoms with E-state index in [1.165, 1.54) is 22.4 Å². The molecule has 1 heterocycles. The van der Waals surface area contributed by atoms with E-state index >= 15 is 0 Å². The van der Waals surface area contributed by atoms with Crippen LogP contribution in [0.15, 0.2) is 30.5 Å². The van der Waals surface area contributed by atoms with Crippen LogP contribution in [0.1, 0.15) is 38.3 Å². The summed E-state index contributed by atoms with van der Waals surface area (Å²) >= 11 is 0. The molecular weight excluding hydrogens is 246 g/mol. The Kier molecular flexibility index (Phi) is 4.96. The molecule has 1 aromatic carbocycles. The van der Waals surface area contributed by atoms with Gasteiger partial charge in [0.2, 0.25) is 0 Å². The summed E-state index contributed by atoms with van der Waals surface area (Å²) in [5, 5.41) is 7.90. The molecule has 3 nitrogen and oxygen atoms in total.